The fourth-order valence-electron chi connectivity index (χ4n) is 2.89. The predicted molar refractivity (Wildman–Crippen MR) is 122 cm³/mol. The molecule has 0 spiro atoms. The number of carbonyl (C=O) groups is 1. The normalized spacial score (nSPS) is 15.2. The Hall–Kier alpha value is -2.21. The number of hydrogen-bond acceptors (Lipinski definition) is 2. The van der Waals surface area contributed by atoms with Gasteiger partial charge in [-0.3, -0.25) is 9.69 Å². The zero-order chi connectivity index (χ0) is 19.7. The Bertz CT molecular complexity index is 1110. The van der Waals surface area contributed by atoms with E-state index < -0.39 is 0 Å². The van der Waals surface area contributed by atoms with Gasteiger partial charge >= 0.3 is 0 Å². The van der Waals surface area contributed by atoms with Crippen LogP contribution in [0.1, 0.15) is 11.1 Å². The summed E-state index contributed by atoms with van der Waals surface area (Å²) < 4.78 is 1.82. The fraction of sp³-hybridized carbons (Fsp3) is 0. The first-order valence-electron chi connectivity index (χ1n) is 8.44. The van der Waals surface area contributed by atoms with E-state index in [1.165, 1.54) is 0 Å². The summed E-state index contributed by atoms with van der Waals surface area (Å²) in [5.41, 5.74) is 2.83. The Morgan fingerprint density at radius 3 is 2.25 bits per heavy atom. The molecule has 6 heteroatoms. The number of rotatable bonds is 3. The lowest BCUT2D eigenvalue weighted by atomic mass is 10.1. The summed E-state index contributed by atoms with van der Waals surface area (Å²) in [7, 11) is 0. The van der Waals surface area contributed by atoms with E-state index in [4.69, 9.17) is 11.6 Å². The lowest BCUT2D eigenvalue weighted by Crippen LogP contribution is -2.32. The van der Waals surface area contributed by atoms with Gasteiger partial charge in [-0.2, -0.15) is 0 Å². The Morgan fingerprint density at radius 1 is 0.893 bits per heavy atom. The Balaban J connectivity index is 1.84. The first-order valence-corrected chi connectivity index (χ1v) is 10.4. The van der Waals surface area contributed by atoms with E-state index >= 15 is 0 Å². The average Bonchev–Trinajstić information content (AvgIpc) is 3.01. The molecule has 28 heavy (non-hydrogen) atoms. The first kappa shape index (κ1) is 19.1. The Labute approximate surface area is 184 Å². The highest BCUT2D eigenvalue weighted by atomic mass is 79.9. The van der Waals surface area contributed by atoms with Crippen LogP contribution >= 0.6 is 43.5 Å². The van der Waals surface area contributed by atoms with Crippen LogP contribution in [0.5, 0.6) is 0 Å². The monoisotopic (exact) mass is 514 g/mol. The Morgan fingerprint density at radius 2 is 1.57 bits per heavy atom. The second-order valence-corrected chi connectivity index (χ2v) is 8.32. The van der Waals surface area contributed by atoms with Crippen molar-refractivity contribution < 1.29 is 4.79 Å². The van der Waals surface area contributed by atoms with Crippen LogP contribution in [-0.2, 0) is 4.79 Å². The number of carbonyl (C=O) groups excluding carboxylic acids is 1. The molecule has 0 fully saturated rings. The number of hydrogen-bond donors (Lipinski definition) is 0. The number of anilines is 1. The molecular weight excluding hydrogens is 504 g/mol. The number of amidine groups is 1. The van der Waals surface area contributed by atoms with Crippen LogP contribution in [0, 0.1) is 0 Å². The van der Waals surface area contributed by atoms with Crippen molar-refractivity contribution in [2.75, 3.05) is 4.90 Å². The van der Waals surface area contributed by atoms with Gasteiger partial charge in [-0.1, -0.05) is 73.8 Å². The first-order chi connectivity index (χ1) is 13.5. The molecule has 3 aromatic carbocycles. The largest absolute Gasteiger partial charge is 0.282 e. The summed E-state index contributed by atoms with van der Waals surface area (Å²) in [6, 6.07) is 22.6. The zero-order valence-electron chi connectivity index (χ0n) is 14.4. The van der Waals surface area contributed by atoms with Crippen LogP contribution in [-0.4, -0.2) is 11.7 Å². The summed E-state index contributed by atoms with van der Waals surface area (Å²) in [5, 5.41) is 0.647. The van der Waals surface area contributed by atoms with Crippen molar-refractivity contribution >= 4 is 67.0 Å². The van der Waals surface area contributed by atoms with E-state index in [0.29, 0.717) is 16.6 Å². The summed E-state index contributed by atoms with van der Waals surface area (Å²) in [5.74, 6) is 0.406. The molecule has 0 unspecified atom stereocenters. The molecule has 0 bridgehead atoms. The molecule has 0 radical (unpaired) electrons. The molecule has 4 rings (SSSR count). The summed E-state index contributed by atoms with van der Waals surface area (Å²) >= 11 is 13.0. The Kier molecular flexibility index (Phi) is 5.49. The van der Waals surface area contributed by atoms with Gasteiger partial charge in [-0.25, -0.2) is 4.99 Å². The lowest BCUT2D eigenvalue weighted by Gasteiger charge is -2.19. The SMILES string of the molecule is O=C1/C(=C\c2ccc(Cl)cc2)N=C(c2ccccc2Br)N1c1ccc(Br)cc1. The molecule has 1 heterocycles. The summed E-state index contributed by atoms with van der Waals surface area (Å²) in [4.78, 5) is 19.6. The van der Waals surface area contributed by atoms with E-state index in [2.05, 4.69) is 36.9 Å². The number of aliphatic imine (C=N–C) groups is 1. The number of halogens is 3. The molecule has 0 aliphatic carbocycles. The third kappa shape index (κ3) is 3.83. The van der Waals surface area contributed by atoms with Crippen LogP contribution in [0.2, 0.25) is 5.02 Å². The van der Waals surface area contributed by atoms with Crippen LogP contribution in [0.15, 0.2) is 92.4 Å². The summed E-state index contributed by atoms with van der Waals surface area (Å²) in [6.45, 7) is 0. The van der Waals surface area contributed by atoms with E-state index in [-0.39, 0.29) is 5.91 Å². The molecule has 0 aromatic heterocycles. The molecule has 0 N–H and O–H groups in total. The van der Waals surface area contributed by atoms with Crippen molar-refractivity contribution in [1.82, 2.24) is 0 Å². The molecule has 1 aliphatic rings. The van der Waals surface area contributed by atoms with Crippen LogP contribution < -0.4 is 4.90 Å². The van der Waals surface area contributed by atoms with E-state index in [1.807, 2.05) is 60.7 Å². The molecule has 1 amide bonds. The third-order valence-electron chi connectivity index (χ3n) is 4.23. The maximum atomic E-state index is 13.2. The van der Waals surface area contributed by atoms with Gasteiger partial charge in [0.2, 0.25) is 0 Å². The van der Waals surface area contributed by atoms with Gasteiger partial charge in [0.05, 0.1) is 5.69 Å². The minimum Gasteiger partial charge on any atom is -0.266 e. The second-order valence-electron chi connectivity index (χ2n) is 6.11. The van der Waals surface area contributed by atoms with E-state index in [9.17, 15) is 4.79 Å². The zero-order valence-corrected chi connectivity index (χ0v) is 18.4. The fourth-order valence-corrected chi connectivity index (χ4v) is 3.74. The van der Waals surface area contributed by atoms with Crippen LogP contribution in [0.25, 0.3) is 6.08 Å². The van der Waals surface area contributed by atoms with Crippen molar-refractivity contribution in [3.63, 3.8) is 0 Å². The van der Waals surface area contributed by atoms with Gasteiger partial charge in [0.25, 0.3) is 5.91 Å². The molecule has 1 aliphatic heterocycles. The molecule has 138 valence electrons. The van der Waals surface area contributed by atoms with Gasteiger partial charge in [0.15, 0.2) is 0 Å². The average molecular weight is 517 g/mol. The number of benzene rings is 3. The standard InChI is InChI=1S/C22H13Br2ClN2O/c23-15-7-11-17(12-8-15)27-21(18-3-1-2-4-19(18)24)26-20(22(27)28)13-14-5-9-16(25)10-6-14/h1-13H/b20-13+. The lowest BCUT2D eigenvalue weighted by molar-refractivity contribution is -0.113. The summed E-state index contributed by atoms with van der Waals surface area (Å²) in [6.07, 6.45) is 1.77. The van der Waals surface area contributed by atoms with Crippen molar-refractivity contribution in [1.29, 1.82) is 0 Å². The molecule has 3 aromatic rings. The van der Waals surface area contributed by atoms with E-state index in [1.54, 1.807) is 23.1 Å². The van der Waals surface area contributed by atoms with Gasteiger partial charge in [-0.05, 0) is 54.1 Å². The quantitative estimate of drug-likeness (QED) is 0.357. The molecular formula is C22H13Br2ClN2O. The topological polar surface area (TPSA) is 32.7 Å². The molecule has 0 atom stereocenters. The maximum absolute atomic E-state index is 13.2. The van der Waals surface area contributed by atoms with Gasteiger partial charge < -0.3 is 0 Å². The predicted octanol–water partition coefficient (Wildman–Crippen LogP) is 6.70. The third-order valence-corrected chi connectivity index (χ3v) is 5.71. The van der Waals surface area contributed by atoms with Crippen LogP contribution in [0.3, 0.4) is 0 Å². The highest BCUT2D eigenvalue weighted by Crippen LogP contribution is 2.31. The van der Waals surface area contributed by atoms with Crippen molar-refractivity contribution in [2.24, 2.45) is 4.99 Å². The smallest absolute Gasteiger partial charge is 0.266 e. The maximum Gasteiger partial charge on any atom is 0.282 e. The molecule has 0 saturated heterocycles. The second kappa shape index (κ2) is 8.03. The van der Waals surface area contributed by atoms with Crippen LogP contribution in [0.4, 0.5) is 5.69 Å². The van der Waals surface area contributed by atoms with Crippen molar-refractivity contribution in [3.05, 3.63) is 104 Å². The number of amides is 1. The highest BCUT2D eigenvalue weighted by molar-refractivity contribution is 9.10. The van der Waals surface area contributed by atoms with Crippen molar-refractivity contribution in [3.8, 4) is 0 Å². The number of nitrogens with zero attached hydrogens (tertiary/aromatic N) is 2. The van der Waals surface area contributed by atoms with Crippen molar-refractivity contribution in [2.45, 2.75) is 0 Å². The van der Waals surface area contributed by atoms with E-state index in [0.717, 1.165) is 25.8 Å². The van der Waals surface area contributed by atoms with Gasteiger partial charge in [-0.15, -0.1) is 0 Å². The minimum absolute atomic E-state index is 0.178. The molecule has 3 nitrogen and oxygen atoms in total. The molecule has 0 saturated carbocycles. The van der Waals surface area contributed by atoms with Gasteiger partial charge in [0, 0.05) is 19.5 Å². The van der Waals surface area contributed by atoms with Gasteiger partial charge in [0.1, 0.15) is 11.5 Å². The minimum atomic E-state index is -0.178. The highest BCUT2D eigenvalue weighted by Gasteiger charge is 2.33.